The van der Waals surface area contributed by atoms with Gasteiger partial charge in [-0.3, -0.25) is 4.79 Å². The number of nitrogens with zero attached hydrogens (tertiary/aromatic N) is 3. The molecule has 122 valence electrons. The monoisotopic (exact) mass is 340 g/mol. The molecule has 1 aliphatic carbocycles. The second-order valence-corrected chi connectivity index (χ2v) is 7.01. The highest BCUT2D eigenvalue weighted by molar-refractivity contribution is 7.18. The van der Waals surface area contributed by atoms with E-state index in [4.69, 9.17) is 0 Å². The molecule has 6 nitrogen and oxygen atoms in total. The largest absolute Gasteiger partial charge is 0.545 e. The van der Waals surface area contributed by atoms with E-state index in [1.54, 1.807) is 23.5 Å². The molecule has 0 N–H and O–H groups in total. The van der Waals surface area contributed by atoms with Crippen molar-refractivity contribution in [1.29, 1.82) is 0 Å². The number of carbonyl (C=O) groups excluding carboxylic acids is 1. The van der Waals surface area contributed by atoms with E-state index in [1.807, 2.05) is 0 Å². The third-order valence-electron chi connectivity index (χ3n) is 4.37. The van der Waals surface area contributed by atoms with Crippen molar-refractivity contribution in [2.45, 2.75) is 32.2 Å². The molecule has 7 heteroatoms. The standard InChI is InChI=1S/C17H15N3O3S/c21-16-14-12-3-1-2-4-13(12)24-15(14)18-19-20(16)9-10-5-7-11(8-6-10)17(22)23/h5-8H,1-4,9H2,(H,22,23)/p-1. The predicted molar refractivity (Wildman–Crippen MR) is 88.2 cm³/mol. The summed E-state index contributed by atoms with van der Waals surface area (Å²) >= 11 is 1.57. The van der Waals surface area contributed by atoms with Crippen molar-refractivity contribution in [3.8, 4) is 0 Å². The van der Waals surface area contributed by atoms with E-state index in [1.165, 1.54) is 21.7 Å². The van der Waals surface area contributed by atoms with Gasteiger partial charge in [-0.05, 0) is 42.4 Å². The van der Waals surface area contributed by atoms with Gasteiger partial charge in [0, 0.05) is 4.88 Å². The second kappa shape index (κ2) is 5.83. The van der Waals surface area contributed by atoms with Gasteiger partial charge in [-0.15, -0.1) is 16.4 Å². The van der Waals surface area contributed by atoms with E-state index < -0.39 is 5.97 Å². The highest BCUT2D eigenvalue weighted by atomic mass is 32.1. The number of carboxylic acid groups (broad SMARTS) is 1. The number of hydrogen-bond donors (Lipinski definition) is 0. The highest BCUT2D eigenvalue weighted by Crippen LogP contribution is 2.33. The lowest BCUT2D eigenvalue weighted by Gasteiger charge is -2.10. The van der Waals surface area contributed by atoms with Crippen LogP contribution in [0.4, 0.5) is 0 Å². The van der Waals surface area contributed by atoms with Crippen molar-refractivity contribution >= 4 is 27.5 Å². The molecule has 0 saturated carbocycles. The Bertz CT molecular complexity index is 989. The van der Waals surface area contributed by atoms with Gasteiger partial charge in [0.25, 0.3) is 5.56 Å². The molecular weight excluding hydrogens is 326 g/mol. The zero-order valence-corrected chi connectivity index (χ0v) is 13.6. The van der Waals surface area contributed by atoms with E-state index in [9.17, 15) is 14.7 Å². The molecule has 0 unspecified atom stereocenters. The lowest BCUT2D eigenvalue weighted by atomic mass is 9.97. The zero-order chi connectivity index (χ0) is 16.7. The van der Waals surface area contributed by atoms with Gasteiger partial charge in [-0.2, -0.15) is 0 Å². The fourth-order valence-electron chi connectivity index (χ4n) is 3.13. The average Bonchev–Trinajstić information content (AvgIpc) is 2.97. The first-order valence-corrected chi connectivity index (χ1v) is 8.63. The van der Waals surface area contributed by atoms with Gasteiger partial charge in [0.1, 0.15) is 0 Å². The summed E-state index contributed by atoms with van der Waals surface area (Å²) in [6, 6.07) is 6.25. The van der Waals surface area contributed by atoms with Crippen LogP contribution in [-0.4, -0.2) is 21.0 Å². The van der Waals surface area contributed by atoms with Crippen LogP contribution < -0.4 is 10.7 Å². The zero-order valence-electron chi connectivity index (χ0n) is 12.8. The third-order valence-corrected chi connectivity index (χ3v) is 5.54. The van der Waals surface area contributed by atoms with Crippen LogP contribution in [-0.2, 0) is 19.4 Å². The maximum Gasteiger partial charge on any atom is 0.279 e. The summed E-state index contributed by atoms with van der Waals surface area (Å²) in [7, 11) is 0. The maximum absolute atomic E-state index is 12.8. The molecule has 0 bridgehead atoms. The number of hydrogen-bond acceptors (Lipinski definition) is 6. The molecule has 2 aromatic heterocycles. The van der Waals surface area contributed by atoms with Gasteiger partial charge >= 0.3 is 0 Å². The molecular formula is C17H14N3O3S-. The number of aromatic carboxylic acids is 1. The predicted octanol–water partition coefficient (Wildman–Crippen LogP) is 1.14. The number of aryl methyl sites for hydroxylation is 2. The van der Waals surface area contributed by atoms with Crippen LogP contribution in [0, 0.1) is 0 Å². The summed E-state index contributed by atoms with van der Waals surface area (Å²) in [5.41, 5.74) is 1.92. The minimum atomic E-state index is -1.22. The fourth-order valence-corrected chi connectivity index (χ4v) is 4.33. The Balaban J connectivity index is 1.73. The Kier molecular flexibility index (Phi) is 3.65. The number of carbonyl (C=O) groups is 1. The van der Waals surface area contributed by atoms with Crippen molar-refractivity contribution in [3.63, 3.8) is 0 Å². The van der Waals surface area contributed by atoms with Crippen molar-refractivity contribution < 1.29 is 9.90 Å². The molecule has 3 aromatic rings. The molecule has 0 radical (unpaired) electrons. The van der Waals surface area contributed by atoms with E-state index in [0.29, 0.717) is 5.39 Å². The number of carboxylic acids is 1. The SMILES string of the molecule is O=C([O-])c1ccc(Cn2nnc3sc4c(c3c2=O)CCCC4)cc1. The van der Waals surface area contributed by atoms with Crippen molar-refractivity contribution in [3.05, 3.63) is 56.2 Å². The quantitative estimate of drug-likeness (QED) is 0.713. The second-order valence-electron chi connectivity index (χ2n) is 5.93. The molecule has 24 heavy (non-hydrogen) atoms. The first-order valence-electron chi connectivity index (χ1n) is 7.82. The molecule has 0 fully saturated rings. The Morgan fingerprint density at radius 3 is 2.71 bits per heavy atom. The van der Waals surface area contributed by atoms with Crippen LogP contribution in [0.25, 0.3) is 10.2 Å². The summed E-state index contributed by atoms with van der Waals surface area (Å²) in [5.74, 6) is -1.22. The van der Waals surface area contributed by atoms with Gasteiger partial charge in [0.15, 0.2) is 4.83 Å². The van der Waals surface area contributed by atoms with Crippen LogP contribution in [0.2, 0.25) is 0 Å². The molecule has 4 rings (SSSR count). The van der Waals surface area contributed by atoms with Crippen LogP contribution in [0.15, 0.2) is 29.1 Å². The minimum Gasteiger partial charge on any atom is -0.545 e. The summed E-state index contributed by atoms with van der Waals surface area (Å²) in [6.45, 7) is 0.264. The molecule has 2 heterocycles. The maximum atomic E-state index is 12.8. The summed E-state index contributed by atoms with van der Waals surface area (Å²) < 4.78 is 1.35. The van der Waals surface area contributed by atoms with Crippen molar-refractivity contribution in [2.24, 2.45) is 0 Å². The normalized spacial score (nSPS) is 13.8. The van der Waals surface area contributed by atoms with Gasteiger partial charge in [-0.25, -0.2) is 4.68 Å². The molecule has 1 aromatic carbocycles. The van der Waals surface area contributed by atoms with E-state index >= 15 is 0 Å². The molecule has 0 spiro atoms. The molecule has 0 amide bonds. The van der Waals surface area contributed by atoms with E-state index in [2.05, 4.69) is 10.3 Å². The Morgan fingerprint density at radius 1 is 1.21 bits per heavy atom. The lowest BCUT2D eigenvalue weighted by molar-refractivity contribution is -0.255. The highest BCUT2D eigenvalue weighted by Gasteiger charge is 2.20. The Labute approximate surface area is 141 Å². The van der Waals surface area contributed by atoms with Crippen LogP contribution in [0.3, 0.4) is 0 Å². The molecule has 0 atom stereocenters. The van der Waals surface area contributed by atoms with Gasteiger partial charge in [0.2, 0.25) is 0 Å². The van der Waals surface area contributed by atoms with E-state index in [0.717, 1.165) is 41.6 Å². The molecule has 0 aliphatic heterocycles. The van der Waals surface area contributed by atoms with Gasteiger partial charge in [0.05, 0.1) is 17.9 Å². The summed E-state index contributed by atoms with van der Waals surface area (Å²) in [4.78, 5) is 25.6. The smallest absolute Gasteiger partial charge is 0.279 e. The number of aromatic nitrogens is 3. The van der Waals surface area contributed by atoms with Crippen LogP contribution in [0.1, 0.15) is 39.2 Å². The van der Waals surface area contributed by atoms with Gasteiger partial charge in [-0.1, -0.05) is 29.5 Å². The molecule has 0 saturated heterocycles. The first-order chi connectivity index (χ1) is 11.6. The first kappa shape index (κ1) is 15.0. The molecule has 1 aliphatic rings. The number of thiophene rings is 1. The minimum absolute atomic E-state index is 0.111. The van der Waals surface area contributed by atoms with Crippen LogP contribution in [0.5, 0.6) is 0 Å². The number of fused-ring (bicyclic) bond motifs is 3. The third kappa shape index (κ3) is 2.50. The average molecular weight is 340 g/mol. The fraction of sp³-hybridized carbons (Fsp3) is 0.294. The number of benzene rings is 1. The Morgan fingerprint density at radius 2 is 1.96 bits per heavy atom. The van der Waals surface area contributed by atoms with E-state index in [-0.39, 0.29) is 17.7 Å². The summed E-state index contributed by atoms with van der Waals surface area (Å²) in [6.07, 6.45) is 4.20. The van der Waals surface area contributed by atoms with Crippen molar-refractivity contribution in [2.75, 3.05) is 0 Å². The van der Waals surface area contributed by atoms with Gasteiger partial charge < -0.3 is 9.90 Å². The topological polar surface area (TPSA) is 87.9 Å². The Hall–Kier alpha value is -2.54. The lowest BCUT2D eigenvalue weighted by Crippen LogP contribution is -2.25. The van der Waals surface area contributed by atoms with Crippen LogP contribution >= 0.6 is 11.3 Å². The number of rotatable bonds is 3. The summed E-state index contributed by atoms with van der Waals surface area (Å²) in [5, 5.41) is 19.8. The van der Waals surface area contributed by atoms with Crippen molar-refractivity contribution in [1.82, 2.24) is 15.0 Å².